The minimum atomic E-state index is -0.0250. The molecule has 0 radical (unpaired) electrons. The summed E-state index contributed by atoms with van der Waals surface area (Å²) in [5, 5.41) is 5.43. The van der Waals surface area contributed by atoms with Gasteiger partial charge in [0.05, 0.1) is 17.9 Å². The molecule has 1 aliphatic heterocycles. The standard InChI is InChI=1S/C16H23N5OS/c1-12-4-5-15(22)21(18-12)11-8-19-6-9-20(10-7-19)16-17-13(2)14(3)23-16/h4-5H,6-11H2,1-3H3. The Morgan fingerprint density at radius 1 is 1.09 bits per heavy atom. The van der Waals surface area contributed by atoms with Crippen LogP contribution in [0.3, 0.4) is 0 Å². The minimum Gasteiger partial charge on any atom is -0.346 e. The van der Waals surface area contributed by atoms with E-state index in [4.69, 9.17) is 0 Å². The normalized spacial score (nSPS) is 16.0. The van der Waals surface area contributed by atoms with E-state index in [-0.39, 0.29) is 5.56 Å². The summed E-state index contributed by atoms with van der Waals surface area (Å²) in [7, 11) is 0. The fourth-order valence-corrected chi connectivity index (χ4v) is 3.66. The maximum absolute atomic E-state index is 11.8. The van der Waals surface area contributed by atoms with Gasteiger partial charge in [-0.05, 0) is 26.8 Å². The maximum Gasteiger partial charge on any atom is 0.266 e. The van der Waals surface area contributed by atoms with Gasteiger partial charge in [-0.3, -0.25) is 9.69 Å². The lowest BCUT2D eigenvalue weighted by molar-refractivity contribution is 0.242. The van der Waals surface area contributed by atoms with Crippen LogP contribution < -0.4 is 10.5 Å². The first kappa shape index (κ1) is 16.1. The number of rotatable bonds is 4. The molecule has 3 heterocycles. The molecule has 2 aromatic heterocycles. The van der Waals surface area contributed by atoms with Gasteiger partial charge in [0.1, 0.15) is 0 Å². The zero-order valence-electron chi connectivity index (χ0n) is 13.9. The fourth-order valence-electron chi connectivity index (χ4n) is 2.70. The third-order valence-electron chi connectivity index (χ3n) is 4.29. The van der Waals surface area contributed by atoms with Crippen molar-refractivity contribution in [2.45, 2.75) is 27.3 Å². The molecule has 0 aliphatic carbocycles. The van der Waals surface area contributed by atoms with Crippen LogP contribution in [-0.2, 0) is 6.54 Å². The molecule has 23 heavy (non-hydrogen) atoms. The summed E-state index contributed by atoms with van der Waals surface area (Å²) in [6.45, 7) is 11.6. The molecule has 2 aromatic rings. The number of aryl methyl sites for hydroxylation is 3. The summed E-state index contributed by atoms with van der Waals surface area (Å²) < 4.78 is 1.56. The Kier molecular flexibility index (Phi) is 4.77. The van der Waals surface area contributed by atoms with Gasteiger partial charge < -0.3 is 4.90 Å². The van der Waals surface area contributed by atoms with E-state index in [9.17, 15) is 4.79 Å². The van der Waals surface area contributed by atoms with Crippen molar-refractivity contribution in [3.8, 4) is 0 Å². The first-order valence-corrected chi connectivity index (χ1v) is 8.80. The van der Waals surface area contributed by atoms with Gasteiger partial charge in [-0.2, -0.15) is 5.10 Å². The number of nitrogens with zero attached hydrogens (tertiary/aromatic N) is 5. The van der Waals surface area contributed by atoms with Gasteiger partial charge in [-0.25, -0.2) is 9.67 Å². The molecule has 6 nitrogen and oxygen atoms in total. The fraction of sp³-hybridized carbons (Fsp3) is 0.562. The molecule has 124 valence electrons. The van der Waals surface area contributed by atoms with Gasteiger partial charge in [0, 0.05) is 43.7 Å². The van der Waals surface area contributed by atoms with Crippen molar-refractivity contribution in [2.24, 2.45) is 0 Å². The summed E-state index contributed by atoms with van der Waals surface area (Å²) >= 11 is 1.78. The van der Waals surface area contributed by atoms with Crippen LogP contribution in [0.15, 0.2) is 16.9 Å². The van der Waals surface area contributed by atoms with Gasteiger partial charge in [0.2, 0.25) is 0 Å². The third-order valence-corrected chi connectivity index (χ3v) is 5.42. The molecule has 1 saturated heterocycles. The first-order valence-electron chi connectivity index (χ1n) is 7.99. The molecular formula is C16H23N5OS. The lowest BCUT2D eigenvalue weighted by Crippen LogP contribution is -2.47. The van der Waals surface area contributed by atoms with Crippen molar-refractivity contribution in [3.63, 3.8) is 0 Å². The topological polar surface area (TPSA) is 54.3 Å². The maximum atomic E-state index is 11.8. The number of anilines is 1. The molecule has 3 rings (SSSR count). The van der Waals surface area contributed by atoms with Crippen LogP contribution in [-0.4, -0.2) is 52.4 Å². The Morgan fingerprint density at radius 3 is 2.48 bits per heavy atom. The highest BCUT2D eigenvalue weighted by molar-refractivity contribution is 7.15. The number of piperazine rings is 1. The SMILES string of the molecule is Cc1ccc(=O)n(CCN2CCN(c3nc(C)c(C)s3)CC2)n1. The van der Waals surface area contributed by atoms with Crippen LogP contribution in [0.2, 0.25) is 0 Å². The van der Waals surface area contributed by atoms with Crippen LogP contribution >= 0.6 is 11.3 Å². The lowest BCUT2D eigenvalue weighted by atomic mass is 10.3. The van der Waals surface area contributed by atoms with Gasteiger partial charge in [-0.15, -0.1) is 11.3 Å². The Morgan fingerprint density at radius 2 is 1.83 bits per heavy atom. The molecule has 0 N–H and O–H groups in total. The van der Waals surface area contributed by atoms with E-state index >= 15 is 0 Å². The van der Waals surface area contributed by atoms with Crippen LogP contribution in [0.25, 0.3) is 0 Å². The van der Waals surface area contributed by atoms with E-state index in [1.165, 1.54) is 4.88 Å². The Hall–Kier alpha value is -1.73. The molecule has 0 bridgehead atoms. The quantitative estimate of drug-likeness (QED) is 0.848. The largest absolute Gasteiger partial charge is 0.346 e. The van der Waals surface area contributed by atoms with Crippen molar-refractivity contribution < 1.29 is 0 Å². The van der Waals surface area contributed by atoms with Crippen LogP contribution in [0.4, 0.5) is 5.13 Å². The van der Waals surface area contributed by atoms with E-state index in [2.05, 4.69) is 33.7 Å². The van der Waals surface area contributed by atoms with Gasteiger partial charge in [-0.1, -0.05) is 0 Å². The predicted molar refractivity (Wildman–Crippen MR) is 93.5 cm³/mol. The number of aromatic nitrogens is 3. The van der Waals surface area contributed by atoms with Crippen molar-refractivity contribution in [2.75, 3.05) is 37.6 Å². The second-order valence-corrected chi connectivity index (χ2v) is 7.18. The van der Waals surface area contributed by atoms with Gasteiger partial charge in [0.25, 0.3) is 5.56 Å². The van der Waals surface area contributed by atoms with Crippen molar-refractivity contribution in [3.05, 3.63) is 38.8 Å². The molecule has 0 saturated carbocycles. The molecule has 0 unspecified atom stereocenters. The average Bonchev–Trinajstić information content (AvgIpc) is 2.88. The highest BCUT2D eigenvalue weighted by atomic mass is 32.1. The van der Waals surface area contributed by atoms with Crippen LogP contribution in [0.1, 0.15) is 16.3 Å². The summed E-state index contributed by atoms with van der Waals surface area (Å²) in [4.78, 5) is 22.5. The molecular weight excluding hydrogens is 310 g/mol. The van der Waals surface area contributed by atoms with Crippen molar-refractivity contribution in [1.29, 1.82) is 0 Å². The Labute approximate surface area is 140 Å². The highest BCUT2D eigenvalue weighted by Crippen LogP contribution is 2.25. The number of hydrogen-bond donors (Lipinski definition) is 0. The van der Waals surface area contributed by atoms with Gasteiger partial charge >= 0.3 is 0 Å². The molecule has 1 fully saturated rings. The van der Waals surface area contributed by atoms with E-state index < -0.39 is 0 Å². The van der Waals surface area contributed by atoms with E-state index in [0.717, 1.165) is 49.2 Å². The molecule has 0 aromatic carbocycles. The van der Waals surface area contributed by atoms with Crippen molar-refractivity contribution >= 4 is 16.5 Å². The Balaban J connectivity index is 1.53. The monoisotopic (exact) mass is 333 g/mol. The molecule has 7 heteroatoms. The zero-order chi connectivity index (χ0) is 16.4. The van der Waals surface area contributed by atoms with Gasteiger partial charge in [0.15, 0.2) is 5.13 Å². The molecule has 0 amide bonds. The summed E-state index contributed by atoms with van der Waals surface area (Å²) in [5.41, 5.74) is 1.99. The number of thiazole rings is 1. The third kappa shape index (κ3) is 3.79. The van der Waals surface area contributed by atoms with E-state index in [1.807, 2.05) is 6.92 Å². The first-order chi connectivity index (χ1) is 11.0. The lowest BCUT2D eigenvalue weighted by Gasteiger charge is -2.34. The summed E-state index contributed by atoms with van der Waals surface area (Å²) in [6, 6.07) is 3.35. The van der Waals surface area contributed by atoms with E-state index in [0.29, 0.717) is 6.54 Å². The zero-order valence-corrected chi connectivity index (χ0v) is 14.8. The Bertz CT molecular complexity index is 711. The van der Waals surface area contributed by atoms with Crippen molar-refractivity contribution in [1.82, 2.24) is 19.7 Å². The number of hydrogen-bond acceptors (Lipinski definition) is 6. The van der Waals surface area contributed by atoms with E-state index in [1.54, 1.807) is 28.2 Å². The highest BCUT2D eigenvalue weighted by Gasteiger charge is 2.19. The summed E-state index contributed by atoms with van der Waals surface area (Å²) in [5.74, 6) is 0. The smallest absolute Gasteiger partial charge is 0.266 e. The second kappa shape index (κ2) is 6.80. The average molecular weight is 333 g/mol. The molecule has 0 atom stereocenters. The summed E-state index contributed by atoms with van der Waals surface area (Å²) in [6.07, 6.45) is 0. The van der Waals surface area contributed by atoms with Crippen LogP contribution in [0.5, 0.6) is 0 Å². The molecule has 1 aliphatic rings. The predicted octanol–water partition coefficient (Wildman–Crippen LogP) is 1.45. The second-order valence-electron chi connectivity index (χ2n) is 6.00. The minimum absolute atomic E-state index is 0.0250. The van der Waals surface area contributed by atoms with Crippen LogP contribution in [0, 0.1) is 20.8 Å². The molecule has 0 spiro atoms.